The Labute approximate surface area is 168 Å². The van der Waals surface area contributed by atoms with Gasteiger partial charge in [-0.05, 0) is 42.8 Å². The van der Waals surface area contributed by atoms with Gasteiger partial charge in [-0.3, -0.25) is 9.36 Å². The summed E-state index contributed by atoms with van der Waals surface area (Å²) in [7, 11) is 1.62. The minimum absolute atomic E-state index is 0.202. The molecule has 0 saturated heterocycles. The van der Waals surface area contributed by atoms with Crippen LogP contribution in [0.15, 0.2) is 53.7 Å². The second-order valence-electron chi connectivity index (χ2n) is 5.75. The first kappa shape index (κ1) is 19.6. The van der Waals surface area contributed by atoms with E-state index >= 15 is 0 Å². The Morgan fingerprint density at radius 2 is 2.00 bits per heavy atom. The number of terminal acetylenes is 1. The van der Waals surface area contributed by atoms with Crippen LogP contribution in [0, 0.1) is 12.3 Å². The fourth-order valence-electron chi connectivity index (χ4n) is 2.66. The van der Waals surface area contributed by atoms with Crippen LogP contribution in [-0.4, -0.2) is 34.9 Å². The molecule has 0 unspecified atom stereocenters. The zero-order valence-electron chi connectivity index (χ0n) is 15.7. The number of benzene rings is 2. The number of nitrogens with zero attached hydrogens (tertiary/aromatic N) is 2. The highest BCUT2D eigenvalue weighted by atomic mass is 32.2. The summed E-state index contributed by atoms with van der Waals surface area (Å²) >= 11 is 1.35. The van der Waals surface area contributed by atoms with Gasteiger partial charge in [-0.15, -0.1) is 6.42 Å². The third kappa shape index (κ3) is 4.38. The minimum Gasteiger partial charge on any atom is -0.497 e. The maximum Gasteiger partial charge on any atom is 0.257 e. The molecule has 1 aromatic heterocycles. The van der Waals surface area contributed by atoms with Gasteiger partial charge in [-0.25, -0.2) is 4.98 Å². The van der Waals surface area contributed by atoms with Crippen molar-refractivity contribution in [3.05, 3.63) is 54.1 Å². The number of allylic oxidation sites excluding steroid dienone is 1. The maximum atomic E-state index is 13.0. The highest BCUT2D eigenvalue weighted by Crippen LogP contribution is 2.27. The van der Waals surface area contributed by atoms with Crippen LogP contribution in [-0.2, 0) is 0 Å². The van der Waals surface area contributed by atoms with Crippen LogP contribution in [0.4, 0.5) is 0 Å². The van der Waals surface area contributed by atoms with Crippen molar-refractivity contribution in [2.75, 3.05) is 19.5 Å². The largest absolute Gasteiger partial charge is 0.497 e. The summed E-state index contributed by atoms with van der Waals surface area (Å²) in [5.41, 5.74) is 2.30. The molecule has 0 fully saturated rings. The summed E-state index contributed by atoms with van der Waals surface area (Å²) in [6.07, 6.45) is 8.67. The van der Waals surface area contributed by atoms with Crippen molar-refractivity contribution in [1.29, 1.82) is 0 Å². The summed E-state index contributed by atoms with van der Waals surface area (Å²) < 4.78 is 12.3. The van der Waals surface area contributed by atoms with Crippen LogP contribution >= 0.6 is 11.8 Å². The zero-order chi connectivity index (χ0) is 19.9. The van der Waals surface area contributed by atoms with E-state index in [1.54, 1.807) is 17.8 Å². The van der Waals surface area contributed by atoms with Crippen molar-refractivity contribution in [3.63, 3.8) is 0 Å². The molecule has 1 heterocycles. The molecule has 0 atom stereocenters. The Morgan fingerprint density at radius 1 is 1.25 bits per heavy atom. The van der Waals surface area contributed by atoms with Gasteiger partial charge in [-0.2, -0.15) is 0 Å². The van der Waals surface area contributed by atoms with Crippen LogP contribution in [0.5, 0.6) is 11.5 Å². The molecule has 142 valence electrons. The summed E-state index contributed by atoms with van der Waals surface area (Å²) in [6.45, 7) is 2.46. The third-order valence-corrected chi connectivity index (χ3v) is 4.79. The number of carbonyl (C=O) groups is 1. The number of methoxy groups -OCH3 is 1. The molecule has 2 aromatic carbocycles. The predicted molar refractivity (Wildman–Crippen MR) is 113 cm³/mol. The smallest absolute Gasteiger partial charge is 0.257 e. The molecule has 0 aliphatic heterocycles. The Balaban J connectivity index is 1.97. The number of fused-ring (bicyclic) bond motifs is 1. The highest BCUT2D eigenvalue weighted by Gasteiger charge is 2.16. The van der Waals surface area contributed by atoms with E-state index in [0.717, 1.165) is 11.3 Å². The van der Waals surface area contributed by atoms with E-state index in [1.165, 1.54) is 17.8 Å². The van der Waals surface area contributed by atoms with Gasteiger partial charge in [0.1, 0.15) is 11.5 Å². The number of ether oxygens (including phenoxy) is 2. The van der Waals surface area contributed by atoms with Crippen molar-refractivity contribution >= 4 is 34.8 Å². The lowest BCUT2D eigenvalue weighted by Crippen LogP contribution is -2.09. The lowest BCUT2D eigenvalue weighted by Gasteiger charge is -2.06. The van der Waals surface area contributed by atoms with E-state index in [-0.39, 0.29) is 5.91 Å². The lowest BCUT2D eigenvalue weighted by molar-refractivity contribution is 0.0965. The molecule has 5 nitrogen and oxygen atoms in total. The normalized spacial score (nSPS) is 10.9. The maximum absolute atomic E-state index is 13.0. The van der Waals surface area contributed by atoms with Gasteiger partial charge >= 0.3 is 0 Å². The molecule has 0 amide bonds. The van der Waals surface area contributed by atoms with Gasteiger partial charge in [0.05, 0.1) is 30.5 Å². The van der Waals surface area contributed by atoms with Crippen molar-refractivity contribution in [2.24, 2.45) is 0 Å². The molecule has 6 heteroatoms. The molecular formula is C22H20N2O3S. The molecule has 28 heavy (non-hydrogen) atoms. The van der Waals surface area contributed by atoms with Crippen molar-refractivity contribution in [2.45, 2.75) is 12.1 Å². The van der Waals surface area contributed by atoms with Crippen molar-refractivity contribution in [1.82, 2.24) is 9.55 Å². The van der Waals surface area contributed by atoms with E-state index in [2.05, 4.69) is 10.9 Å². The molecule has 0 aliphatic carbocycles. The lowest BCUT2D eigenvalue weighted by atomic mass is 10.2. The Morgan fingerprint density at radius 3 is 2.68 bits per heavy atom. The van der Waals surface area contributed by atoms with Crippen LogP contribution in [0.1, 0.15) is 17.3 Å². The number of hydrogen-bond donors (Lipinski definition) is 0. The molecule has 3 aromatic rings. The minimum atomic E-state index is -0.202. The highest BCUT2D eigenvalue weighted by molar-refractivity contribution is 7.99. The number of aromatic nitrogens is 2. The summed E-state index contributed by atoms with van der Waals surface area (Å²) in [6, 6.07) is 13.0. The van der Waals surface area contributed by atoms with Crippen LogP contribution in [0.25, 0.3) is 17.1 Å². The Kier molecular flexibility index (Phi) is 6.41. The van der Waals surface area contributed by atoms with Crippen LogP contribution < -0.4 is 9.47 Å². The number of carbonyl (C=O) groups excluding carboxylic acids is 1. The fraction of sp³-hybridized carbons (Fsp3) is 0.182. The number of thioether (sulfide) groups is 1. The zero-order valence-corrected chi connectivity index (χ0v) is 16.5. The van der Waals surface area contributed by atoms with Crippen LogP contribution in [0.2, 0.25) is 0 Å². The van der Waals surface area contributed by atoms with Gasteiger partial charge in [0.15, 0.2) is 5.16 Å². The first-order valence-electron chi connectivity index (χ1n) is 8.74. The Hall–Kier alpha value is -3.17. The van der Waals surface area contributed by atoms with Gasteiger partial charge in [0.25, 0.3) is 5.91 Å². The summed E-state index contributed by atoms with van der Waals surface area (Å²) in [5.74, 6) is 4.25. The van der Waals surface area contributed by atoms with E-state index in [9.17, 15) is 4.79 Å². The molecule has 0 aliphatic rings. The molecule has 3 rings (SSSR count). The van der Waals surface area contributed by atoms with Gasteiger partial charge in [0, 0.05) is 12.1 Å². The second-order valence-corrected chi connectivity index (χ2v) is 6.69. The van der Waals surface area contributed by atoms with E-state index < -0.39 is 0 Å². The number of imidazole rings is 1. The van der Waals surface area contributed by atoms with Gasteiger partial charge < -0.3 is 9.47 Å². The van der Waals surface area contributed by atoms with Crippen molar-refractivity contribution < 1.29 is 14.3 Å². The van der Waals surface area contributed by atoms with E-state index in [0.29, 0.717) is 34.3 Å². The Bertz CT molecular complexity index is 1050. The summed E-state index contributed by atoms with van der Waals surface area (Å²) in [5, 5.41) is 0.561. The summed E-state index contributed by atoms with van der Waals surface area (Å²) in [4.78, 5) is 17.5. The topological polar surface area (TPSA) is 53.4 Å². The molecule has 0 saturated carbocycles. The van der Waals surface area contributed by atoms with Gasteiger partial charge in [-0.1, -0.05) is 29.8 Å². The molecular weight excluding hydrogens is 372 g/mol. The standard InChI is InChI=1S/C22H20N2O3S/c1-4-14-28-22-23-19-12-11-18(27-5-2)15-20(19)24(22)21(25)13-8-16-6-9-17(26-3)10-7-16/h1,6-13,15H,5,14H2,2-3H3/b13-8+. The average molecular weight is 392 g/mol. The fourth-order valence-corrected chi connectivity index (χ4v) is 3.36. The third-order valence-electron chi connectivity index (χ3n) is 3.95. The number of hydrogen-bond acceptors (Lipinski definition) is 5. The second kappa shape index (κ2) is 9.16. The molecule has 0 bridgehead atoms. The molecule has 0 spiro atoms. The monoisotopic (exact) mass is 392 g/mol. The molecule has 0 radical (unpaired) electrons. The average Bonchev–Trinajstić information content (AvgIpc) is 3.08. The van der Waals surface area contributed by atoms with Gasteiger partial charge in [0.2, 0.25) is 0 Å². The number of rotatable bonds is 7. The van der Waals surface area contributed by atoms with Crippen molar-refractivity contribution in [3.8, 4) is 23.8 Å². The molecule has 0 N–H and O–H groups in total. The quantitative estimate of drug-likeness (QED) is 0.336. The SMILES string of the molecule is C#CCSc1nc2ccc(OCC)cc2n1C(=O)/C=C/c1ccc(OC)cc1. The first-order chi connectivity index (χ1) is 13.7. The van der Waals surface area contributed by atoms with E-state index in [1.807, 2.05) is 49.4 Å². The van der Waals surface area contributed by atoms with E-state index in [4.69, 9.17) is 15.9 Å². The first-order valence-corrected chi connectivity index (χ1v) is 9.73. The van der Waals surface area contributed by atoms with Crippen LogP contribution in [0.3, 0.4) is 0 Å². The predicted octanol–water partition coefficient (Wildman–Crippen LogP) is 4.52.